The van der Waals surface area contributed by atoms with Crippen LogP contribution in [-0.2, 0) is 0 Å². The zero-order valence-corrected chi connectivity index (χ0v) is 12.1. The summed E-state index contributed by atoms with van der Waals surface area (Å²) < 4.78 is 0. The van der Waals surface area contributed by atoms with E-state index in [2.05, 4.69) is 10.2 Å². The number of nitro groups is 1. The minimum atomic E-state index is -0.527. The summed E-state index contributed by atoms with van der Waals surface area (Å²) in [5.41, 5.74) is 2.28. The van der Waals surface area contributed by atoms with E-state index in [1.165, 1.54) is 18.2 Å². The average Bonchev–Trinajstić information content (AvgIpc) is 2.42. The first kappa shape index (κ1) is 14.9. The molecule has 2 aromatic rings. The number of rotatable bonds is 3. The van der Waals surface area contributed by atoms with Gasteiger partial charge in [0.25, 0.3) is 5.69 Å². The van der Waals surface area contributed by atoms with E-state index in [9.17, 15) is 15.2 Å². The van der Waals surface area contributed by atoms with E-state index in [0.29, 0.717) is 16.9 Å². The van der Waals surface area contributed by atoms with Crippen LogP contribution in [0.1, 0.15) is 11.1 Å². The number of phenols is 1. The summed E-state index contributed by atoms with van der Waals surface area (Å²) in [6, 6.07) is 7.28. The Morgan fingerprint density at radius 1 is 1.10 bits per heavy atom. The van der Waals surface area contributed by atoms with Crippen molar-refractivity contribution in [2.75, 3.05) is 0 Å². The van der Waals surface area contributed by atoms with Crippen molar-refractivity contribution in [3.8, 4) is 5.75 Å². The summed E-state index contributed by atoms with van der Waals surface area (Å²) >= 11 is 5.94. The van der Waals surface area contributed by atoms with Crippen molar-refractivity contribution in [2.24, 2.45) is 10.2 Å². The number of azo groups is 1. The molecule has 0 aromatic heterocycles. The molecule has 0 saturated heterocycles. The molecule has 2 aromatic carbocycles. The van der Waals surface area contributed by atoms with Crippen LogP contribution in [0.4, 0.5) is 17.1 Å². The Morgan fingerprint density at radius 2 is 1.76 bits per heavy atom. The van der Waals surface area contributed by atoms with Gasteiger partial charge in [-0.15, -0.1) is 5.11 Å². The first-order valence-electron chi connectivity index (χ1n) is 6.04. The second-order valence-electron chi connectivity index (χ2n) is 4.52. The molecule has 0 spiro atoms. The van der Waals surface area contributed by atoms with Crippen LogP contribution in [-0.4, -0.2) is 10.0 Å². The van der Waals surface area contributed by atoms with Gasteiger partial charge in [0.05, 0.1) is 15.6 Å². The van der Waals surface area contributed by atoms with Gasteiger partial charge in [0.15, 0.2) is 0 Å². The van der Waals surface area contributed by atoms with Gasteiger partial charge in [0.2, 0.25) is 0 Å². The van der Waals surface area contributed by atoms with Gasteiger partial charge in [0.1, 0.15) is 11.4 Å². The van der Waals surface area contributed by atoms with E-state index in [-0.39, 0.29) is 16.5 Å². The van der Waals surface area contributed by atoms with E-state index in [4.69, 9.17) is 11.6 Å². The second kappa shape index (κ2) is 5.88. The Bertz CT molecular complexity index is 744. The molecule has 0 bridgehead atoms. The van der Waals surface area contributed by atoms with E-state index in [1.807, 2.05) is 0 Å². The van der Waals surface area contributed by atoms with E-state index < -0.39 is 4.92 Å². The molecular formula is C14H12ClN3O3. The molecule has 0 aliphatic carbocycles. The normalized spacial score (nSPS) is 11.0. The highest BCUT2D eigenvalue weighted by Gasteiger charge is 2.09. The number of aromatic hydroxyl groups is 1. The van der Waals surface area contributed by atoms with Gasteiger partial charge in [-0.25, -0.2) is 0 Å². The third-order valence-electron chi connectivity index (χ3n) is 2.92. The summed E-state index contributed by atoms with van der Waals surface area (Å²) in [6.45, 7) is 3.55. The lowest BCUT2D eigenvalue weighted by Gasteiger charge is -2.03. The van der Waals surface area contributed by atoms with Gasteiger partial charge in [-0.05, 0) is 43.2 Å². The molecule has 0 atom stereocenters. The fourth-order valence-corrected chi connectivity index (χ4v) is 1.90. The van der Waals surface area contributed by atoms with Gasteiger partial charge in [-0.3, -0.25) is 10.1 Å². The predicted octanol–water partition coefficient (Wildman–Crippen LogP) is 4.99. The largest absolute Gasteiger partial charge is 0.508 e. The SMILES string of the molecule is Cc1cc(N=Nc2ccc([N+](=O)[O-])cc2Cl)c(C)cc1O. The fraction of sp³-hybridized carbons (Fsp3) is 0.143. The number of non-ortho nitro benzene ring substituents is 1. The minimum Gasteiger partial charge on any atom is -0.508 e. The van der Waals surface area contributed by atoms with Crippen LogP contribution in [0.3, 0.4) is 0 Å². The van der Waals surface area contributed by atoms with Crippen LogP contribution in [0.2, 0.25) is 5.02 Å². The maximum Gasteiger partial charge on any atom is 0.271 e. The van der Waals surface area contributed by atoms with Crippen LogP contribution in [0, 0.1) is 24.0 Å². The number of benzene rings is 2. The van der Waals surface area contributed by atoms with Crippen LogP contribution in [0.25, 0.3) is 0 Å². The molecule has 0 fully saturated rings. The van der Waals surface area contributed by atoms with E-state index in [1.54, 1.807) is 26.0 Å². The maximum absolute atomic E-state index is 10.6. The molecule has 0 aliphatic rings. The van der Waals surface area contributed by atoms with Gasteiger partial charge < -0.3 is 5.11 Å². The molecular weight excluding hydrogens is 294 g/mol. The molecule has 0 radical (unpaired) electrons. The Hall–Kier alpha value is -2.47. The first-order chi connectivity index (χ1) is 9.88. The Kier molecular flexibility index (Phi) is 4.18. The molecule has 0 saturated carbocycles. The van der Waals surface area contributed by atoms with E-state index in [0.717, 1.165) is 5.56 Å². The molecule has 7 heteroatoms. The van der Waals surface area contributed by atoms with Crippen LogP contribution >= 0.6 is 11.6 Å². The summed E-state index contributed by atoms with van der Waals surface area (Å²) in [6.07, 6.45) is 0. The number of phenolic OH excluding ortho intramolecular Hbond substituents is 1. The molecule has 0 heterocycles. The molecule has 2 rings (SSSR count). The highest BCUT2D eigenvalue weighted by atomic mass is 35.5. The van der Waals surface area contributed by atoms with Gasteiger partial charge in [-0.2, -0.15) is 5.11 Å². The van der Waals surface area contributed by atoms with Crippen molar-refractivity contribution in [1.82, 2.24) is 0 Å². The predicted molar refractivity (Wildman–Crippen MR) is 79.9 cm³/mol. The number of nitro benzene ring substituents is 1. The molecule has 6 nitrogen and oxygen atoms in total. The highest BCUT2D eigenvalue weighted by molar-refractivity contribution is 6.33. The van der Waals surface area contributed by atoms with E-state index >= 15 is 0 Å². The van der Waals surface area contributed by atoms with Crippen LogP contribution < -0.4 is 0 Å². The molecule has 1 N–H and O–H groups in total. The van der Waals surface area contributed by atoms with Crippen molar-refractivity contribution in [2.45, 2.75) is 13.8 Å². The zero-order valence-electron chi connectivity index (χ0n) is 11.4. The summed E-state index contributed by atoms with van der Waals surface area (Å²) in [5, 5.41) is 28.4. The Morgan fingerprint density at radius 3 is 2.38 bits per heavy atom. The third kappa shape index (κ3) is 3.35. The lowest BCUT2D eigenvalue weighted by molar-refractivity contribution is -0.384. The molecule has 0 unspecified atom stereocenters. The topological polar surface area (TPSA) is 88.1 Å². The lowest BCUT2D eigenvalue weighted by Crippen LogP contribution is -1.86. The number of aryl methyl sites for hydroxylation is 2. The maximum atomic E-state index is 10.6. The van der Waals surface area contributed by atoms with Crippen molar-refractivity contribution in [1.29, 1.82) is 0 Å². The van der Waals surface area contributed by atoms with Crippen LogP contribution in [0.5, 0.6) is 5.75 Å². The van der Waals surface area contributed by atoms with Crippen molar-refractivity contribution >= 4 is 28.7 Å². The molecule has 21 heavy (non-hydrogen) atoms. The first-order valence-corrected chi connectivity index (χ1v) is 6.42. The number of hydrogen-bond acceptors (Lipinski definition) is 5. The van der Waals surface area contributed by atoms with Crippen molar-refractivity contribution < 1.29 is 10.0 Å². The smallest absolute Gasteiger partial charge is 0.271 e. The van der Waals surface area contributed by atoms with Crippen molar-refractivity contribution in [3.63, 3.8) is 0 Å². The molecule has 108 valence electrons. The van der Waals surface area contributed by atoms with Gasteiger partial charge in [-0.1, -0.05) is 11.6 Å². The Balaban J connectivity index is 2.34. The van der Waals surface area contributed by atoms with Gasteiger partial charge in [0, 0.05) is 12.1 Å². The number of hydrogen-bond donors (Lipinski definition) is 1. The molecule has 0 amide bonds. The Labute approximate surface area is 125 Å². The number of nitrogens with zero attached hydrogens (tertiary/aromatic N) is 3. The lowest BCUT2D eigenvalue weighted by atomic mass is 10.1. The third-order valence-corrected chi connectivity index (χ3v) is 3.22. The molecule has 0 aliphatic heterocycles. The zero-order chi connectivity index (χ0) is 15.6. The summed E-state index contributed by atoms with van der Waals surface area (Å²) in [5.74, 6) is 0.194. The van der Waals surface area contributed by atoms with Gasteiger partial charge >= 0.3 is 0 Å². The van der Waals surface area contributed by atoms with Crippen molar-refractivity contribution in [3.05, 3.63) is 56.6 Å². The fourth-order valence-electron chi connectivity index (χ4n) is 1.69. The number of halogens is 1. The summed E-state index contributed by atoms with van der Waals surface area (Å²) in [7, 11) is 0. The summed E-state index contributed by atoms with van der Waals surface area (Å²) in [4.78, 5) is 10.1. The quantitative estimate of drug-likeness (QED) is 0.492. The van der Waals surface area contributed by atoms with Crippen LogP contribution in [0.15, 0.2) is 40.6 Å². The minimum absolute atomic E-state index is 0.101. The average molecular weight is 306 g/mol. The standard InChI is InChI=1S/C14H12ClN3O3/c1-8-6-14(19)9(2)5-13(8)17-16-12-4-3-10(18(20)21)7-11(12)15/h3-7,19H,1-2H3. The highest BCUT2D eigenvalue weighted by Crippen LogP contribution is 2.32. The monoisotopic (exact) mass is 305 g/mol. The second-order valence-corrected chi connectivity index (χ2v) is 4.93.